The number of hydrogen-bond acceptors (Lipinski definition) is 3. The van der Waals surface area contributed by atoms with Crippen LogP contribution in [0.2, 0.25) is 10.0 Å². The van der Waals surface area contributed by atoms with Crippen molar-refractivity contribution >= 4 is 41.5 Å². The van der Waals surface area contributed by atoms with Crippen LogP contribution in [0.5, 0.6) is 5.75 Å². The molecule has 4 nitrogen and oxygen atoms in total. The Balaban J connectivity index is 0.00000182. The van der Waals surface area contributed by atoms with E-state index < -0.39 is 0 Å². The lowest BCUT2D eigenvalue weighted by Crippen LogP contribution is -2.36. The topological polar surface area (TPSA) is 41.6 Å². The third-order valence-corrected chi connectivity index (χ3v) is 6.48. The molecule has 138 valence electrons. The molecule has 4 rings (SSSR count). The summed E-state index contributed by atoms with van der Waals surface area (Å²) in [6, 6.07) is 5.30. The minimum atomic E-state index is 0. The van der Waals surface area contributed by atoms with E-state index in [2.05, 4.69) is 5.32 Å². The number of rotatable bonds is 3. The number of ether oxygens (including phenoxy) is 1. The predicted molar refractivity (Wildman–Crippen MR) is 102 cm³/mol. The van der Waals surface area contributed by atoms with Crippen molar-refractivity contribution in [1.29, 1.82) is 0 Å². The third-order valence-electron chi connectivity index (χ3n) is 5.74. The molecule has 1 aromatic rings. The van der Waals surface area contributed by atoms with Crippen molar-refractivity contribution in [2.75, 3.05) is 26.2 Å². The molecular weight excluding hydrogens is 383 g/mol. The highest BCUT2D eigenvalue weighted by molar-refractivity contribution is 6.42. The summed E-state index contributed by atoms with van der Waals surface area (Å²) in [6.45, 7) is 3.55. The minimum Gasteiger partial charge on any atom is -0.488 e. The summed E-state index contributed by atoms with van der Waals surface area (Å²) in [5.41, 5.74) is 0.297. The average Bonchev–Trinajstić information content (AvgIpc) is 3.05. The van der Waals surface area contributed by atoms with Crippen molar-refractivity contribution in [2.45, 2.75) is 31.8 Å². The van der Waals surface area contributed by atoms with Crippen LogP contribution in [0.4, 0.5) is 0 Å². The maximum Gasteiger partial charge on any atom is 0.226 e. The van der Waals surface area contributed by atoms with Crippen LogP contribution in [0.15, 0.2) is 18.2 Å². The summed E-state index contributed by atoms with van der Waals surface area (Å²) in [6.07, 6.45) is 4.25. The van der Waals surface area contributed by atoms with Gasteiger partial charge in [-0.2, -0.15) is 0 Å². The quantitative estimate of drug-likeness (QED) is 0.832. The second kappa shape index (κ2) is 7.51. The summed E-state index contributed by atoms with van der Waals surface area (Å²) in [7, 11) is 0. The first-order valence-corrected chi connectivity index (χ1v) is 9.44. The zero-order valence-corrected chi connectivity index (χ0v) is 16.3. The SMILES string of the molecule is Cl.O=C(C1CC12CCNCC2)N1CCC(Oc2ccc(Cl)c(Cl)c2)C1. The Kier molecular flexibility index (Phi) is 5.74. The van der Waals surface area contributed by atoms with Gasteiger partial charge in [-0.3, -0.25) is 4.79 Å². The van der Waals surface area contributed by atoms with Gasteiger partial charge in [0.05, 0.1) is 16.6 Å². The average molecular weight is 406 g/mol. The lowest BCUT2D eigenvalue weighted by Gasteiger charge is -2.25. The number of nitrogens with zero attached hydrogens (tertiary/aromatic N) is 1. The van der Waals surface area contributed by atoms with E-state index in [4.69, 9.17) is 27.9 Å². The summed E-state index contributed by atoms with van der Waals surface area (Å²) in [5.74, 6) is 1.28. The maximum absolute atomic E-state index is 12.8. The number of amides is 1. The fraction of sp³-hybridized carbons (Fsp3) is 0.611. The van der Waals surface area contributed by atoms with Crippen LogP contribution < -0.4 is 10.1 Å². The minimum absolute atomic E-state index is 0. The number of hydrogen-bond donors (Lipinski definition) is 1. The zero-order chi connectivity index (χ0) is 16.7. The molecular formula is C18H23Cl3N2O2. The van der Waals surface area contributed by atoms with Crippen LogP contribution in [0.25, 0.3) is 0 Å². The van der Waals surface area contributed by atoms with Gasteiger partial charge in [0.15, 0.2) is 0 Å². The van der Waals surface area contributed by atoms with Crippen molar-refractivity contribution in [3.8, 4) is 5.75 Å². The van der Waals surface area contributed by atoms with Crippen molar-refractivity contribution in [3.63, 3.8) is 0 Å². The van der Waals surface area contributed by atoms with E-state index in [1.165, 1.54) is 0 Å². The summed E-state index contributed by atoms with van der Waals surface area (Å²) >= 11 is 12.0. The van der Waals surface area contributed by atoms with E-state index in [-0.39, 0.29) is 24.4 Å². The second-order valence-electron chi connectivity index (χ2n) is 7.26. The summed E-state index contributed by atoms with van der Waals surface area (Å²) in [5, 5.41) is 4.40. The Hall–Kier alpha value is -0.680. The first-order chi connectivity index (χ1) is 11.6. The van der Waals surface area contributed by atoms with Crippen molar-refractivity contribution in [3.05, 3.63) is 28.2 Å². The Labute approximate surface area is 164 Å². The molecule has 1 saturated carbocycles. The molecule has 2 heterocycles. The van der Waals surface area contributed by atoms with Gasteiger partial charge in [0, 0.05) is 24.9 Å². The molecule has 0 aromatic heterocycles. The van der Waals surface area contributed by atoms with E-state index in [1.807, 2.05) is 11.0 Å². The Morgan fingerprint density at radius 2 is 2.00 bits per heavy atom. The van der Waals surface area contributed by atoms with Gasteiger partial charge >= 0.3 is 0 Å². The van der Waals surface area contributed by atoms with E-state index in [9.17, 15) is 4.79 Å². The molecule has 0 bridgehead atoms. The molecule has 3 aliphatic rings. The van der Waals surface area contributed by atoms with Gasteiger partial charge in [-0.25, -0.2) is 0 Å². The highest BCUT2D eigenvalue weighted by Crippen LogP contribution is 2.59. The van der Waals surface area contributed by atoms with Gasteiger partial charge in [0.1, 0.15) is 11.9 Å². The molecule has 1 aliphatic carbocycles. The van der Waals surface area contributed by atoms with Crippen molar-refractivity contribution < 1.29 is 9.53 Å². The van der Waals surface area contributed by atoms with Gasteiger partial charge in [-0.05, 0) is 49.9 Å². The number of benzene rings is 1. The van der Waals surface area contributed by atoms with Crippen LogP contribution in [0, 0.1) is 11.3 Å². The largest absolute Gasteiger partial charge is 0.488 e. The molecule has 2 saturated heterocycles. The Morgan fingerprint density at radius 3 is 2.72 bits per heavy atom. The predicted octanol–water partition coefficient (Wildman–Crippen LogP) is 3.78. The standard InChI is InChI=1S/C18H22Cl2N2O2.ClH/c19-15-2-1-12(9-16(15)20)24-13-3-8-22(11-13)17(23)14-10-18(14)4-6-21-7-5-18;/h1-2,9,13-14,21H,3-8,10-11H2;1H. The smallest absolute Gasteiger partial charge is 0.226 e. The van der Waals surface area contributed by atoms with Crippen LogP contribution in [-0.4, -0.2) is 43.1 Å². The van der Waals surface area contributed by atoms with E-state index in [0.717, 1.165) is 45.3 Å². The number of piperidine rings is 1. The van der Waals surface area contributed by atoms with E-state index in [0.29, 0.717) is 33.7 Å². The molecule has 1 aromatic carbocycles. The fourth-order valence-corrected chi connectivity index (χ4v) is 4.45. The van der Waals surface area contributed by atoms with Crippen LogP contribution >= 0.6 is 35.6 Å². The Morgan fingerprint density at radius 1 is 1.24 bits per heavy atom. The van der Waals surface area contributed by atoms with Crippen LogP contribution in [0.1, 0.15) is 25.7 Å². The molecule has 3 fully saturated rings. The Bertz CT molecular complexity index is 649. The first-order valence-electron chi connectivity index (χ1n) is 8.69. The molecule has 2 aliphatic heterocycles. The van der Waals surface area contributed by atoms with Crippen LogP contribution in [-0.2, 0) is 4.79 Å². The lowest BCUT2D eigenvalue weighted by atomic mass is 9.91. The van der Waals surface area contributed by atoms with Gasteiger partial charge < -0.3 is 15.0 Å². The van der Waals surface area contributed by atoms with Gasteiger partial charge in [0.2, 0.25) is 5.91 Å². The third kappa shape index (κ3) is 3.87. The maximum atomic E-state index is 12.8. The monoisotopic (exact) mass is 404 g/mol. The number of nitrogens with one attached hydrogen (secondary N) is 1. The fourth-order valence-electron chi connectivity index (χ4n) is 4.16. The number of likely N-dealkylation sites (tertiary alicyclic amines) is 1. The molecule has 2 atom stereocenters. The summed E-state index contributed by atoms with van der Waals surface area (Å²) < 4.78 is 5.98. The zero-order valence-electron chi connectivity index (χ0n) is 14.0. The van der Waals surface area contributed by atoms with Crippen molar-refractivity contribution in [1.82, 2.24) is 10.2 Å². The molecule has 0 radical (unpaired) electrons. The highest BCUT2D eigenvalue weighted by Gasteiger charge is 2.58. The van der Waals surface area contributed by atoms with Gasteiger partial charge in [-0.1, -0.05) is 23.2 Å². The summed E-state index contributed by atoms with van der Waals surface area (Å²) in [4.78, 5) is 14.8. The second-order valence-corrected chi connectivity index (χ2v) is 8.07. The van der Waals surface area contributed by atoms with Crippen LogP contribution in [0.3, 0.4) is 0 Å². The van der Waals surface area contributed by atoms with Gasteiger partial charge in [-0.15, -0.1) is 12.4 Å². The number of halogens is 3. The number of carbonyl (C=O) groups is 1. The normalized spacial score (nSPS) is 27.0. The molecule has 2 unspecified atom stereocenters. The highest BCUT2D eigenvalue weighted by atomic mass is 35.5. The lowest BCUT2D eigenvalue weighted by molar-refractivity contribution is -0.132. The van der Waals surface area contributed by atoms with Crippen molar-refractivity contribution in [2.24, 2.45) is 11.3 Å². The first kappa shape index (κ1) is 19.1. The molecule has 1 amide bonds. The van der Waals surface area contributed by atoms with E-state index >= 15 is 0 Å². The molecule has 1 spiro atoms. The molecule has 1 N–H and O–H groups in total. The number of carbonyl (C=O) groups excluding carboxylic acids is 1. The van der Waals surface area contributed by atoms with Gasteiger partial charge in [0.25, 0.3) is 0 Å². The molecule has 7 heteroatoms. The molecule has 25 heavy (non-hydrogen) atoms. The van der Waals surface area contributed by atoms with E-state index in [1.54, 1.807) is 12.1 Å².